The molecule has 0 aliphatic heterocycles. The van der Waals surface area contributed by atoms with Crippen molar-refractivity contribution in [2.75, 3.05) is 5.32 Å². The second-order valence-corrected chi connectivity index (χ2v) is 7.47. The van der Waals surface area contributed by atoms with Crippen LogP contribution in [0.2, 0.25) is 0 Å². The van der Waals surface area contributed by atoms with Crippen LogP contribution in [0, 0.1) is 23.2 Å². The van der Waals surface area contributed by atoms with Gasteiger partial charge in [-0.3, -0.25) is 4.79 Å². The third kappa shape index (κ3) is 2.18. The van der Waals surface area contributed by atoms with Crippen molar-refractivity contribution in [2.24, 2.45) is 23.2 Å². The number of carbonyl (C=O) groups is 1. The zero-order valence-electron chi connectivity index (χ0n) is 12.3. The van der Waals surface area contributed by atoms with E-state index >= 15 is 0 Å². The molecule has 112 valence electrons. The van der Waals surface area contributed by atoms with Crippen molar-refractivity contribution in [3.63, 3.8) is 0 Å². The SMILES string of the molecule is O=C(Nc1ccccc1CO)C12CC3CC(CC(C3)C1)C2. The molecule has 4 aliphatic rings. The van der Waals surface area contributed by atoms with E-state index in [1.54, 1.807) is 0 Å². The summed E-state index contributed by atoms with van der Waals surface area (Å²) in [6, 6.07) is 7.57. The van der Waals surface area contributed by atoms with Gasteiger partial charge >= 0.3 is 0 Å². The van der Waals surface area contributed by atoms with Crippen LogP contribution in [0.15, 0.2) is 24.3 Å². The van der Waals surface area contributed by atoms with E-state index in [-0.39, 0.29) is 17.9 Å². The molecule has 4 aliphatic carbocycles. The zero-order chi connectivity index (χ0) is 14.4. The molecule has 4 saturated carbocycles. The number of benzene rings is 1. The van der Waals surface area contributed by atoms with E-state index in [1.807, 2.05) is 24.3 Å². The first-order valence-corrected chi connectivity index (χ1v) is 8.19. The molecule has 0 spiro atoms. The molecule has 0 radical (unpaired) electrons. The Morgan fingerprint density at radius 2 is 1.67 bits per heavy atom. The van der Waals surface area contributed by atoms with E-state index in [0.29, 0.717) is 0 Å². The summed E-state index contributed by atoms with van der Waals surface area (Å²) < 4.78 is 0. The quantitative estimate of drug-likeness (QED) is 0.895. The maximum Gasteiger partial charge on any atom is 0.230 e. The smallest absolute Gasteiger partial charge is 0.230 e. The average Bonchev–Trinajstić information content (AvgIpc) is 2.46. The summed E-state index contributed by atoms with van der Waals surface area (Å²) in [5, 5.41) is 12.5. The Kier molecular flexibility index (Phi) is 3.07. The fourth-order valence-corrected chi connectivity index (χ4v) is 5.42. The van der Waals surface area contributed by atoms with Gasteiger partial charge in [0.25, 0.3) is 0 Å². The molecular formula is C18H23NO2. The van der Waals surface area contributed by atoms with Crippen LogP contribution in [-0.2, 0) is 11.4 Å². The Morgan fingerprint density at radius 1 is 1.10 bits per heavy atom. The molecule has 1 aromatic rings. The molecule has 21 heavy (non-hydrogen) atoms. The van der Waals surface area contributed by atoms with E-state index in [9.17, 15) is 9.90 Å². The standard InChI is InChI=1S/C18H23NO2/c20-11-15-3-1-2-4-16(15)19-17(21)18-8-12-5-13(9-18)7-14(6-12)10-18/h1-4,12-14,20H,5-11H2,(H,19,21). The third-order valence-electron chi connectivity index (χ3n) is 5.96. The lowest BCUT2D eigenvalue weighted by atomic mass is 9.49. The normalized spacial score (nSPS) is 36.7. The lowest BCUT2D eigenvalue weighted by Crippen LogP contribution is -2.51. The van der Waals surface area contributed by atoms with Crippen molar-refractivity contribution in [2.45, 2.75) is 45.1 Å². The van der Waals surface area contributed by atoms with Crippen LogP contribution in [0.3, 0.4) is 0 Å². The van der Waals surface area contributed by atoms with Crippen LogP contribution < -0.4 is 5.32 Å². The number of hydrogen-bond donors (Lipinski definition) is 2. The number of carbonyl (C=O) groups excluding carboxylic acids is 1. The second-order valence-electron chi connectivity index (χ2n) is 7.47. The molecule has 2 N–H and O–H groups in total. The highest BCUT2D eigenvalue weighted by atomic mass is 16.3. The van der Waals surface area contributed by atoms with Gasteiger partial charge in [-0.1, -0.05) is 18.2 Å². The van der Waals surface area contributed by atoms with Gasteiger partial charge in [0, 0.05) is 11.3 Å². The van der Waals surface area contributed by atoms with Gasteiger partial charge in [0.1, 0.15) is 0 Å². The van der Waals surface area contributed by atoms with Gasteiger partial charge in [-0.15, -0.1) is 0 Å². The van der Waals surface area contributed by atoms with Crippen LogP contribution in [0.1, 0.15) is 44.1 Å². The Balaban J connectivity index is 1.57. The zero-order valence-corrected chi connectivity index (χ0v) is 12.3. The number of anilines is 1. The minimum atomic E-state index is -0.128. The summed E-state index contributed by atoms with van der Waals surface area (Å²) in [6.07, 6.45) is 7.27. The number of nitrogens with one attached hydrogen (secondary N) is 1. The van der Waals surface area contributed by atoms with Crippen molar-refractivity contribution in [3.8, 4) is 0 Å². The molecule has 3 nitrogen and oxygen atoms in total. The second kappa shape index (κ2) is 4.84. The molecule has 4 bridgehead atoms. The fourth-order valence-electron chi connectivity index (χ4n) is 5.42. The Hall–Kier alpha value is -1.35. The van der Waals surface area contributed by atoms with Crippen LogP contribution in [0.25, 0.3) is 0 Å². The van der Waals surface area contributed by atoms with Crippen molar-refractivity contribution >= 4 is 11.6 Å². The Labute approximate surface area is 125 Å². The first-order valence-electron chi connectivity index (χ1n) is 8.19. The number of aliphatic hydroxyl groups is 1. The van der Waals surface area contributed by atoms with Crippen molar-refractivity contribution < 1.29 is 9.90 Å². The van der Waals surface area contributed by atoms with Gasteiger partial charge in [0.15, 0.2) is 0 Å². The van der Waals surface area contributed by atoms with E-state index in [1.165, 1.54) is 19.3 Å². The predicted molar refractivity (Wildman–Crippen MR) is 81.6 cm³/mol. The van der Waals surface area contributed by atoms with E-state index in [4.69, 9.17) is 0 Å². The number of rotatable bonds is 3. The monoisotopic (exact) mass is 285 g/mol. The number of amides is 1. The maximum absolute atomic E-state index is 12.9. The van der Waals surface area contributed by atoms with Crippen molar-refractivity contribution in [3.05, 3.63) is 29.8 Å². The Morgan fingerprint density at radius 3 is 2.24 bits per heavy atom. The lowest BCUT2D eigenvalue weighted by Gasteiger charge is -2.55. The molecule has 5 rings (SSSR count). The minimum absolute atomic E-state index is 0.0304. The van der Waals surface area contributed by atoms with Crippen LogP contribution >= 0.6 is 0 Å². The van der Waals surface area contributed by atoms with Gasteiger partial charge < -0.3 is 10.4 Å². The fraction of sp³-hybridized carbons (Fsp3) is 0.611. The summed E-state index contributed by atoms with van der Waals surface area (Å²) in [5.41, 5.74) is 1.45. The lowest BCUT2D eigenvalue weighted by molar-refractivity contribution is -0.140. The molecule has 1 amide bonds. The molecule has 0 aromatic heterocycles. The van der Waals surface area contributed by atoms with E-state index in [0.717, 1.165) is 48.3 Å². The molecule has 0 saturated heterocycles. The van der Waals surface area contributed by atoms with Crippen LogP contribution in [-0.4, -0.2) is 11.0 Å². The van der Waals surface area contributed by atoms with Gasteiger partial charge in [0.05, 0.1) is 12.0 Å². The van der Waals surface area contributed by atoms with Gasteiger partial charge in [-0.2, -0.15) is 0 Å². The molecule has 0 unspecified atom stereocenters. The highest BCUT2D eigenvalue weighted by Gasteiger charge is 2.54. The van der Waals surface area contributed by atoms with E-state index in [2.05, 4.69) is 5.32 Å². The van der Waals surface area contributed by atoms with Gasteiger partial charge in [0.2, 0.25) is 5.91 Å². The van der Waals surface area contributed by atoms with E-state index < -0.39 is 0 Å². The average molecular weight is 285 g/mol. The summed E-state index contributed by atoms with van der Waals surface area (Å²) in [5.74, 6) is 2.52. The molecule has 3 heteroatoms. The van der Waals surface area contributed by atoms with Gasteiger partial charge in [-0.05, 0) is 62.3 Å². The topological polar surface area (TPSA) is 49.3 Å². The molecular weight excluding hydrogens is 262 g/mol. The number of para-hydroxylation sites is 1. The van der Waals surface area contributed by atoms with Crippen molar-refractivity contribution in [1.82, 2.24) is 0 Å². The van der Waals surface area contributed by atoms with Crippen LogP contribution in [0.5, 0.6) is 0 Å². The predicted octanol–water partition coefficient (Wildman–Crippen LogP) is 3.33. The number of hydrogen-bond acceptors (Lipinski definition) is 2. The first-order chi connectivity index (χ1) is 10.2. The molecule has 1 aromatic carbocycles. The number of aliphatic hydroxyl groups excluding tert-OH is 1. The third-order valence-corrected chi connectivity index (χ3v) is 5.96. The first kappa shape index (κ1) is 13.3. The summed E-state index contributed by atoms with van der Waals surface area (Å²) in [7, 11) is 0. The van der Waals surface area contributed by atoms with Crippen molar-refractivity contribution in [1.29, 1.82) is 0 Å². The van der Waals surface area contributed by atoms with Crippen LogP contribution in [0.4, 0.5) is 5.69 Å². The highest BCUT2D eigenvalue weighted by Crippen LogP contribution is 2.60. The molecule has 0 atom stereocenters. The highest BCUT2D eigenvalue weighted by molar-refractivity contribution is 5.96. The summed E-state index contributed by atoms with van der Waals surface area (Å²) >= 11 is 0. The minimum Gasteiger partial charge on any atom is -0.392 e. The Bertz CT molecular complexity index is 531. The summed E-state index contributed by atoms with van der Waals surface area (Å²) in [4.78, 5) is 12.9. The largest absolute Gasteiger partial charge is 0.392 e. The molecule has 4 fully saturated rings. The summed E-state index contributed by atoms with van der Waals surface area (Å²) in [6.45, 7) is -0.0304. The maximum atomic E-state index is 12.9. The molecule has 0 heterocycles. The van der Waals surface area contributed by atoms with Gasteiger partial charge in [-0.25, -0.2) is 0 Å².